The van der Waals surface area contributed by atoms with Crippen LogP contribution in [-0.4, -0.2) is 0 Å². The first-order chi connectivity index (χ1) is 9.68. The first-order valence-electron chi connectivity index (χ1n) is 5.57. The standard InChI is InChI=1S/C13H8BrF5N2/c14-9-2-1-7(5-8(9)13(17,18)19)21-12-10(15)3-6(20)4-11(12)16/h1-5,21H,20H2. The zero-order chi connectivity index (χ0) is 15.8. The van der Waals surface area contributed by atoms with Crippen molar-refractivity contribution in [2.75, 3.05) is 11.1 Å². The molecule has 0 heterocycles. The smallest absolute Gasteiger partial charge is 0.399 e. The second kappa shape index (κ2) is 5.51. The number of anilines is 3. The number of halogens is 6. The van der Waals surface area contributed by atoms with E-state index >= 15 is 0 Å². The summed E-state index contributed by atoms with van der Waals surface area (Å²) in [6.07, 6.45) is -4.59. The highest BCUT2D eigenvalue weighted by atomic mass is 79.9. The Morgan fingerprint density at radius 2 is 1.57 bits per heavy atom. The van der Waals surface area contributed by atoms with Crippen LogP contribution in [0.15, 0.2) is 34.8 Å². The molecule has 0 fully saturated rings. The fourth-order valence-electron chi connectivity index (χ4n) is 1.68. The number of benzene rings is 2. The highest BCUT2D eigenvalue weighted by Gasteiger charge is 2.33. The van der Waals surface area contributed by atoms with Crippen LogP contribution in [0.1, 0.15) is 5.56 Å². The first kappa shape index (κ1) is 15.6. The summed E-state index contributed by atoms with van der Waals surface area (Å²) in [4.78, 5) is 0. The SMILES string of the molecule is Nc1cc(F)c(Nc2ccc(Br)c(C(F)(F)F)c2)c(F)c1. The van der Waals surface area contributed by atoms with Crippen molar-refractivity contribution >= 4 is 33.0 Å². The highest BCUT2D eigenvalue weighted by molar-refractivity contribution is 9.10. The van der Waals surface area contributed by atoms with Crippen LogP contribution in [0.5, 0.6) is 0 Å². The van der Waals surface area contributed by atoms with Crippen LogP contribution in [-0.2, 0) is 6.18 Å². The third kappa shape index (κ3) is 3.44. The van der Waals surface area contributed by atoms with Crippen molar-refractivity contribution < 1.29 is 22.0 Å². The quantitative estimate of drug-likeness (QED) is 0.575. The van der Waals surface area contributed by atoms with E-state index in [9.17, 15) is 22.0 Å². The van der Waals surface area contributed by atoms with E-state index in [1.54, 1.807) is 0 Å². The molecule has 0 saturated carbocycles. The molecule has 0 atom stereocenters. The van der Waals surface area contributed by atoms with Crippen LogP contribution >= 0.6 is 15.9 Å². The van der Waals surface area contributed by atoms with E-state index < -0.39 is 29.1 Å². The Hall–Kier alpha value is -1.83. The Morgan fingerprint density at radius 1 is 1.00 bits per heavy atom. The third-order valence-corrected chi connectivity index (χ3v) is 3.30. The minimum Gasteiger partial charge on any atom is -0.399 e. The van der Waals surface area contributed by atoms with Gasteiger partial charge in [0.05, 0.1) is 5.56 Å². The molecule has 8 heteroatoms. The van der Waals surface area contributed by atoms with Gasteiger partial charge in [-0.2, -0.15) is 13.2 Å². The van der Waals surface area contributed by atoms with Gasteiger partial charge >= 0.3 is 6.18 Å². The Bertz CT molecular complexity index is 662. The fraction of sp³-hybridized carbons (Fsp3) is 0.0769. The van der Waals surface area contributed by atoms with Gasteiger partial charge in [-0.05, 0) is 30.3 Å². The van der Waals surface area contributed by atoms with Crippen LogP contribution in [0.3, 0.4) is 0 Å². The van der Waals surface area contributed by atoms with Crippen molar-refractivity contribution in [1.29, 1.82) is 0 Å². The van der Waals surface area contributed by atoms with Gasteiger partial charge in [0.25, 0.3) is 0 Å². The maximum atomic E-state index is 13.6. The topological polar surface area (TPSA) is 38.0 Å². The van der Waals surface area contributed by atoms with Crippen molar-refractivity contribution in [3.05, 3.63) is 52.0 Å². The van der Waals surface area contributed by atoms with Gasteiger partial charge in [-0.3, -0.25) is 0 Å². The molecule has 112 valence electrons. The Kier molecular flexibility index (Phi) is 4.08. The van der Waals surface area contributed by atoms with E-state index in [0.29, 0.717) is 0 Å². The Labute approximate surface area is 124 Å². The Balaban J connectivity index is 2.42. The van der Waals surface area contributed by atoms with Crippen molar-refractivity contribution in [3.63, 3.8) is 0 Å². The van der Waals surface area contributed by atoms with Gasteiger partial charge in [-0.15, -0.1) is 0 Å². The van der Waals surface area contributed by atoms with E-state index in [-0.39, 0.29) is 15.8 Å². The summed E-state index contributed by atoms with van der Waals surface area (Å²) in [7, 11) is 0. The zero-order valence-electron chi connectivity index (χ0n) is 10.2. The normalized spacial score (nSPS) is 11.5. The summed E-state index contributed by atoms with van der Waals surface area (Å²) < 4.78 is 65.3. The van der Waals surface area contributed by atoms with E-state index in [1.165, 1.54) is 6.07 Å². The average Bonchev–Trinajstić information content (AvgIpc) is 2.34. The second-order valence-electron chi connectivity index (χ2n) is 4.18. The molecule has 0 aliphatic rings. The van der Waals surface area contributed by atoms with Gasteiger partial charge in [0.1, 0.15) is 5.69 Å². The molecule has 2 aromatic carbocycles. The van der Waals surface area contributed by atoms with Crippen molar-refractivity contribution in [1.82, 2.24) is 0 Å². The van der Waals surface area contributed by atoms with Gasteiger partial charge in [0, 0.05) is 15.8 Å². The molecule has 0 bridgehead atoms. The summed E-state index contributed by atoms with van der Waals surface area (Å²) in [5, 5.41) is 2.28. The van der Waals surface area contributed by atoms with Crippen LogP contribution in [0.4, 0.5) is 39.0 Å². The molecule has 0 radical (unpaired) electrons. The number of nitrogens with two attached hydrogens (primary N) is 1. The van der Waals surface area contributed by atoms with Crippen molar-refractivity contribution in [2.24, 2.45) is 0 Å². The van der Waals surface area contributed by atoms with Crippen LogP contribution in [0.2, 0.25) is 0 Å². The second-order valence-corrected chi connectivity index (χ2v) is 5.03. The molecule has 2 aromatic rings. The minimum absolute atomic E-state index is 0.104. The molecular weight excluding hydrogens is 359 g/mol. The summed E-state index contributed by atoms with van der Waals surface area (Å²) >= 11 is 2.78. The molecule has 0 spiro atoms. The lowest BCUT2D eigenvalue weighted by atomic mass is 10.2. The number of nitrogen functional groups attached to an aromatic ring is 1. The molecule has 3 N–H and O–H groups in total. The molecule has 0 amide bonds. The van der Waals surface area contributed by atoms with Gasteiger partial charge in [-0.1, -0.05) is 15.9 Å². The molecular formula is C13H8BrF5N2. The van der Waals surface area contributed by atoms with Gasteiger partial charge in [0.15, 0.2) is 11.6 Å². The molecule has 2 nitrogen and oxygen atoms in total. The zero-order valence-corrected chi connectivity index (χ0v) is 11.8. The predicted octanol–water partition coefficient (Wildman–Crippen LogP) is 5.07. The van der Waals surface area contributed by atoms with Gasteiger partial charge in [-0.25, -0.2) is 8.78 Å². The summed E-state index contributed by atoms with van der Waals surface area (Å²) in [6.45, 7) is 0. The molecule has 0 saturated heterocycles. The van der Waals surface area contributed by atoms with E-state index in [4.69, 9.17) is 5.73 Å². The van der Waals surface area contributed by atoms with Crippen LogP contribution in [0, 0.1) is 11.6 Å². The number of rotatable bonds is 2. The number of hydrogen-bond acceptors (Lipinski definition) is 2. The van der Waals surface area contributed by atoms with Gasteiger partial charge < -0.3 is 11.1 Å². The number of hydrogen-bond donors (Lipinski definition) is 2. The van der Waals surface area contributed by atoms with E-state index in [2.05, 4.69) is 21.2 Å². The molecule has 0 aliphatic heterocycles. The molecule has 21 heavy (non-hydrogen) atoms. The molecule has 0 aromatic heterocycles. The maximum absolute atomic E-state index is 13.6. The highest BCUT2D eigenvalue weighted by Crippen LogP contribution is 2.37. The van der Waals surface area contributed by atoms with Crippen molar-refractivity contribution in [2.45, 2.75) is 6.18 Å². The van der Waals surface area contributed by atoms with E-state index in [0.717, 1.165) is 24.3 Å². The predicted molar refractivity (Wildman–Crippen MR) is 73.2 cm³/mol. The van der Waals surface area contributed by atoms with Crippen LogP contribution < -0.4 is 11.1 Å². The van der Waals surface area contributed by atoms with E-state index in [1.807, 2.05) is 0 Å². The number of alkyl halides is 3. The fourth-order valence-corrected chi connectivity index (χ4v) is 2.15. The summed E-state index contributed by atoms with van der Waals surface area (Å²) in [6, 6.07) is 4.88. The first-order valence-corrected chi connectivity index (χ1v) is 6.36. The maximum Gasteiger partial charge on any atom is 0.417 e. The molecule has 0 unspecified atom stereocenters. The lowest BCUT2D eigenvalue weighted by molar-refractivity contribution is -0.138. The largest absolute Gasteiger partial charge is 0.417 e. The van der Waals surface area contributed by atoms with Crippen molar-refractivity contribution in [3.8, 4) is 0 Å². The van der Waals surface area contributed by atoms with Gasteiger partial charge in [0.2, 0.25) is 0 Å². The minimum atomic E-state index is -4.59. The van der Waals surface area contributed by atoms with Crippen LogP contribution in [0.25, 0.3) is 0 Å². The molecule has 0 aliphatic carbocycles. The lowest BCUT2D eigenvalue weighted by Crippen LogP contribution is -2.07. The average molecular weight is 367 g/mol. The Morgan fingerprint density at radius 3 is 2.10 bits per heavy atom. The summed E-state index contributed by atoms with van der Waals surface area (Å²) in [5.41, 5.74) is 3.51. The monoisotopic (exact) mass is 366 g/mol. The third-order valence-electron chi connectivity index (χ3n) is 2.61. The lowest BCUT2D eigenvalue weighted by Gasteiger charge is -2.13. The number of nitrogens with one attached hydrogen (secondary N) is 1. The molecule has 2 rings (SSSR count). The summed E-state index contributed by atoms with van der Waals surface area (Å²) in [5.74, 6) is -1.99.